The van der Waals surface area contributed by atoms with Crippen LogP contribution in [0.2, 0.25) is 0 Å². The zero-order valence-electron chi connectivity index (χ0n) is 11.7. The number of halogens is 1. The summed E-state index contributed by atoms with van der Waals surface area (Å²) in [5, 5.41) is 11.7. The van der Waals surface area contributed by atoms with Crippen LogP contribution in [0.5, 0.6) is 0 Å². The zero-order valence-corrected chi connectivity index (χ0v) is 11.7. The van der Waals surface area contributed by atoms with Gasteiger partial charge < -0.3 is 5.73 Å². The van der Waals surface area contributed by atoms with Gasteiger partial charge in [-0.15, -0.1) is 5.10 Å². The highest BCUT2D eigenvalue weighted by Gasteiger charge is 2.13. The van der Waals surface area contributed by atoms with Crippen LogP contribution in [0.15, 0.2) is 36.4 Å². The predicted molar refractivity (Wildman–Crippen MR) is 78.4 cm³/mol. The molecule has 0 amide bonds. The lowest BCUT2D eigenvalue weighted by atomic mass is 10.1. The highest BCUT2D eigenvalue weighted by molar-refractivity contribution is 5.61. The van der Waals surface area contributed by atoms with Gasteiger partial charge in [-0.3, -0.25) is 0 Å². The largest absolute Gasteiger partial charge is 0.396 e. The van der Waals surface area contributed by atoms with E-state index in [1.807, 2.05) is 26.0 Å². The highest BCUT2D eigenvalue weighted by Crippen LogP contribution is 2.23. The summed E-state index contributed by atoms with van der Waals surface area (Å²) >= 11 is 0. The quantitative estimate of drug-likeness (QED) is 0.734. The van der Waals surface area contributed by atoms with Crippen LogP contribution in [-0.2, 0) is 0 Å². The van der Waals surface area contributed by atoms with Crippen LogP contribution < -0.4 is 5.73 Å². The maximum absolute atomic E-state index is 13.6. The lowest BCUT2D eigenvalue weighted by Gasteiger charge is -2.07. The third-order valence-corrected chi connectivity index (χ3v) is 3.18. The molecule has 0 aliphatic heterocycles. The molecule has 6 heteroatoms. The molecule has 0 fully saturated rings. The fourth-order valence-electron chi connectivity index (χ4n) is 2.28. The molecule has 3 aromatic rings. The second-order valence-corrected chi connectivity index (χ2v) is 5.00. The van der Waals surface area contributed by atoms with Crippen molar-refractivity contribution in [2.45, 2.75) is 13.8 Å². The number of anilines is 1. The van der Waals surface area contributed by atoms with E-state index in [0.29, 0.717) is 11.4 Å². The van der Waals surface area contributed by atoms with Gasteiger partial charge in [0.15, 0.2) is 5.82 Å². The minimum atomic E-state index is -0.484. The van der Waals surface area contributed by atoms with Crippen molar-refractivity contribution >= 4 is 5.69 Å². The summed E-state index contributed by atoms with van der Waals surface area (Å²) in [4.78, 5) is 0. The summed E-state index contributed by atoms with van der Waals surface area (Å²) in [6, 6.07) is 10.5. The number of aromatic nitrogens is 4. The molecule has 1 aromatic heterocycles. The number of benzene rings is 2. The third kappa shape index (κ3) is 2.47. The normalized spacial score (nSPS) is 10.8. The highest BCUT2D eigenvalue weighted by atomic mass is 19.1. The molecule has 0 unspecified atom stereocenters. The number of nitrogen functional groups attached to an aromatic ring is 1. The van der Waals surface area contributed by atoms with Gasteiger partial charge >= 0.3 is 0 Å². The van der Waals surface area contributed by atoms with Crippen LogP contribution in [-0.4, -0.2) is 20.2 Å². The van der Waals surface area contributed by atoms with Gasteiger partial charge in [0.25, 0.3) is 0 Å². The molecule has 0 saturated heterocycles. The molecule has 0 aliphatic carbocycles. The Balaban J connectivity index is 2.14. The predicted octanol–water partition coefficient (Wildman–Crippen LogP) is 2.67. The van der Waals surface area contributed by atoms with Gasteiger partial charge in [-0.2, -0.15) is 4.68 Å². The van der Waals surface area contributed by atoms with Gasteiger partial charge in [0.1, 0.15) is 5.82 Å². The first-order valence-corrected chi connectivity index (χ1v) is 6.47. The summed E-state index contributed by atoms with van der Waals surface area (Å²) in [7, 11) is 0. The van der Waals surface area contributed by atoms with Crippen LogP contribution in [0, 0.1) is 19.7 Å². The average Bonchev–Trinajstić information content (AvgIpc) is 2.90. The van der Waals surface area contributed by atoms with Crippen molar-refractivity contribution in [3.05, 3.63) is 53.3 Å². The number of tetrazole rings is 1. The Kier molecular flexibility index (Phi) is 3.13. The number of hydrogen-bond acceptors (Lipinski definition) is 4. The van der Waals surface area contributed by atoms with Crippen LogP contribution in [0.4, 0.5) is 10.1 Å². The van der Waals surface area contributed by atoms with Gasteiger partial charge in [-0.05, 0) is 65.7 Å². The van der Waals surface area contributed by atoms with Crippen molar-refractivity contribution in [3.8, 4) is 17.1 Å². The van der Waals surface area contributed by atoms with Crippen molar-refractivity contribution in [2.75, 3.05) is 5.73 Å². The topological polar surface area (TPSA) is 69.6 Å². The standard InChI is InChI=1S/C15H14FN5/c1-9-5-10(2)7-12(6-9)21-15(18-19-20-21)11-3-4-14(17)13(16)8-11/h3-8H,17H2,1-2H3. The van der Waals surface area contributed by atoms with E-state index in [9.17, 15) is 4.39 Å². The zero-order chi connectivity index (χ0) is 15.0. The molecule has 0 radical (unpaired) electrons. The molecule has 2 N–H and O–H groups in total. The first-order valence-electron chi connectivity index (χ1n) is 6.47. The Bertz CT molecular complexity index is 789. The number of nitrogens with two attached hydrogens (primary N) is 1. The second kappa shape index (κ2) is 4.97. The molecular weight excluding hydrogens is 269 g/mol. The number of rotatable bonds is 2. The fourth-order valence-corrected chi connectivity index (χ4v) is 2.28. The molecule has 0 saturated carbocycles. The second-order valence-electron chi connectivity index (χ2n) is 5.00. The minimum absolute atomic E-state index is 0.101. The van der Waals surface area contributed by atoms with E-state index in [0.717, 1.165) is 16.8 Å². The van der Waals surface area contributed by atoms with E-state index in [1.165, 1.54) is 12.1 Å². The van der Waals surface area contributed by atoms with Gasteiger partial charge in [-0.1, -0.05) is 6.07 Å². The lowest BCUT2D eigenvalue weighted by Crippen LogP contribution is -2.01. The molecular formula is C15H14FN5. The van der Waals surface area contributed by atoms with Crippen LogP contribution in [0.1, 0.15) is 11.1 Å². The van der Waals surface area contributed by atoms with E-state index in [-0.39, 0.29) is 5.69 Å². The summed E-state index contributed by atoms with van der Waals surface area (Å²) in [6.45, 7) is 4.01. The van der Waals surface area contributed by atoms with Crippen molar-refractivity contribution in [1.82, 2.24) is 20.2 Å². The monoisotopic (exact) mass is 283 g/mol. The number of nitrogens with zero attached hydrogens (tertiary/aromatic N) is 4. The van der Waals surface area contributed by atoms with Crippen LogP contribution in [0.3, 0.4) is 0 Å². The molecule has 3 rings (SSSR count). The fraction of sp³-hybridized carbons (Fsp3) is 0.133. The SMILES string of the molecule is Cc1cc(C)cc(-n2nnnc2-c2ccc(N)c(F)c2)c1. The van der Waals surface area contributed by atoms with Gasteiger partial charge in [0, 0.05) is 5.56 Å². The summed E-state index contributed by atoms with van der Waals surface area (Å²) in [5.41, 5.74) is 9.22. The summed E-state index contributed by atoms with van der Waals surface area (Å²) in [5.74, 6) is -0.0126. The van der Waals surface area contributed by atoms with Gasteiger partial charge in [-0.25, -0.2) is 4.39 Å². The molecule has 0 bridgehead atoms. The van der Waals surface area contributed by atoms with E-state index in [1.54, 1.807) is 10.7 Å². The van der Waals surface area contributed by atoms with Crippen LogP contribution >= 0.6 is 0 Å². The number of aryl methyl sites for hydroxylation is 2. The number of hydrogen-bond donors (Lipinski definition) is 1. The molecule has 1 heterocycles. The molecule has 21 heavy (non-hydrogen) atoms. The minimum Gasteiger partial charge on any atom is -0.396 e. The Morgan fingerprint density at radius 1 is 1.05 bits per heavy atom. The van der Waals surface area contributed by atoms with Crippen molar-refractivity contribution < 1.29 is 4.39 Å². The van der Waals surface area contributed by atoms with Gasteiger partial charge in [0.2, 0.25) is 0 Å². The van der Waals surface area contributed by atoms with Crippen LogP contribution in [0.25, 0.3) is 17.1 Å². The smallest absolute Gasteiger partial charge is 0.187 e. The molecule has 0 spiro atoms. The Labute approximate surface area is 121 Å². The van der Waals surface area contributed by atoms with E-state index in [2.05, 4.69) is 21.6 Å². The molecule has 106 valence electrons. The summed E-state index contributed by atoms with van der Waals surface area (Å²) in [6.07, 6.45) is 0. The molecule has 2 aromatic carbocycles. The Morgan fingerprint density at radius 2 is 1.76 bits per heavy atom. The maximum atomic E-state index is 13.6. The van der Waals surface area contributed by atoms with E-state index < -0.39 is 5.82 Å². The Morgan fingerprint density at radius 3 is 2.43 bits per heavy atom. The van der Waals surface area contributed by atoms with Crippen molar-refractivity contribution in [2.24, 2.45) is 0 Å². The van der Waals surface area contributed by atoms with E-state index >= 15 is 0 Å². The molecule has 0 atom stereocenters. The first-order chi connectivity index (χ1) is 10.0. The lowest BCUT2D eigenvalue weighted by molar-refractivity contribution is 0.632. The maximum Gasteiger partial charge on any atom is 0.187 e. The first kappa shape index (κ1) is 13.2. The third-order valence-electron chi connectivity index (χ3n) is 3.18. The molecule has 0 aliphatic rings. The van der Waals surface area contributed by atoms with Crippen molar-refractivity contribution in [3.63, 3.8) is 0 Å². The van der Waals surface area contributed by atoms with E-state index in [4.69, 9.17) is 5.73 Å². The molecule has 5 nitrogen and oxygen atoms in total. The van der Waals surface area contributed by atoms with Crippen molar-refractivity contribution in [1.29, 1.82) is 0 Å². The average molecular weight is 283 g/mol. The van der Waals surface area contributed by atoms with Gasteiger partial charge in [0.05, 0.1) is 11.4 Å². The Hall–Kier alpha value is -2.76. The summed E-state index contributed by atoms with van der Waals surface area (Å²) < 4.78 is 15.2.